The van der Waals surface area contributed by atoms with E-state index < -0.39 is 0 Å². The highest BCUT2D eigenvalue weighted by atomic mass is 35.5. The van der Waals surface area contributed by atoms with Crippen LogP contribution < -0.4 is 10.1 Å². The maximum atomic E-state index is 11.5. The van der Waals surface area contributed by atoms with Crippen molar-refractivity contribution >= 4 is 17.5 Å². The van der Waals surface area contributed by atoms with Crippen molar-refractivity contribution in [2.24, 2.45) is 5.92 Å². The van der Waals surface area contributed by atoms with Crippen molar-refractivity contribution in [3.63, 3.8) is 0 Å². The molecular formula is C14H20ClNO2. The van der Waals surface area contributed by atoms with E-state index in [0.717, 1.165) is 13.0 Å². The van der Waals surface area contributed by atoms with E-state index in [1.807, 2.05) is 12.1 Å². The number of carbonyl (C=O) groups is 1. The summed E-state index contributed by atoms with van der Waals surface area (Å²) in [6.45, 7) is 5.33. The predicted molar refractivity (Wildman–Crippen MR) is 74.0 cm³/mol. The lowest BCUT2D eigenvalue weighted by Gasteiger charge is -2.09. The van der Waals surface area contributed by atoms with Crippen LogP contribution in [-0.4, -0.2) is 19.1 Å². The van der Waals surface area contributed by atoms with Crippen LogP contribution in [0.25, 0.3) is 0 Å². The second-order valence-electron chi connectivity index (χ2n) is 4.56. The molecule has 0 radical (unpaired) electrons. The van der Waals surface area contributed by atoms with Gasteiger partial charge in [-0.3, -0.25) is 4.79 Å². The topological polar surface area (TPSA) is 38.3 Å². The van der Waals surface area contributed by atoms with Gasteiger partial charge in [-0.05, 0) is 24.5 Å². The fraction of sp³-hybridized carbons (Fsp3) is 0.500. The molecule has 0 aliphatic heterocycles. The zero-order valence-electron chi connectivity index (χ0n) is 10.9. The lowest BCUT2D eigenvalue weighted by atomic mass is 10.1. The van der Waals surface area contributed by atoms with E-state index in [1.165, 1.54) is 0 Å². The van der Waals surface area contributed by atoms with Gasteiger partial charge in [-0.25, -0.2) is 0 Å². The maximum absolute atomic E-state index is 11.5. The normalized spacial score (nSPS) is 10.4. The second-order valence-corrected chi connectivity index (χ2v) is 4.97. The van der Waals surface area contributed by atoms with Crippen LogP contribution in [0.2, 0.25) is 5.02 Å². The molecule has 0 atom stereocenters. The number of nitrogens with one attached hydrogen (secondary N) is 1. The predicted octanol–water partition coefficient (Wildman–Crippen LogP) is 3.27. The molecule has 0 saturated carbocycles. The molecule has 0 heterocycles. The number of carbonyl (C=O) groups excluding carboxylic acids is 1. The molecule has 0 aliphatic rings. The van der Waals surface area contributed by atoms with Gasteiger partial charge < -0.3 is 10.1 Å². The molecule has 0 saturated heterocycles. The Morgan fingerprint density at radius 3 is 2.78 bits per heavy atom. The number of rotatable bonds is 7. The zero-order valence-corrected chi connectivity index (χ0v) is 11.7. The van der Waals surface area contributed by atoms with Crippen molar-refractivity contribution in [1.29, 1.82) is 0 Å². The van der Waals surface area contributed by atoms with Crippen molar-refractivity contribution in [2.75, 3.05) is 13.2 Å². The lowest BCUT2D eigenvalue weighted by Crippen LogP contribution is -2.26. The highest BCUT2D eigenvalue weighted by Crippen LogP contribution is 2.22. The fourth-order valence-corrected chi connectivity index (χ4v) is 1.59. The van der Waals surface area contributed by atoms with Crippen LogP contribution >= 0.6 is 11.6 Å². The molecule has 3 nitrogen and oxygen atoms in total. The third-order valence-corrected chi connectivity index (χ3v) is 2.78. The average Bonchev–Trinajstić information content (AvgIpc) is 2.31. The number of halogens is 1. The highest BCUT2D eigenvalue weighted by Gasteiger charge is 2.04. The maximum Gasteiger partial charge on any atom is 0.223 e. The van der Waals surface area contributed by atoms with Gasteiger partial charge in [0.2, 0.25) is 5.91 Å². The van der Waals surface area contributed by atoms with Gasteiger partial charge in [0.25, 0.3) is 0 Å². The summed E-state index contributed by atoms with van der Waals surface area (Å²) in [5, 5.41) is 3.43. The van der Waals surface area contributed by atoms with Crippen LogP contribution in [0.3, 0.4) is 0 Å². The quantitative estimate of drug-likeness (QED) is 0.825. The Bertz CT molecular complexity index is 380. The van der Waals surface area contributed by atoms with Gasteiger partial charge in [-0.15, -0.1) is 0 Å². The molecule has 0 aliphatic carbocycles. The molecule has 18 heavy (non-hydrogen) atoms. The summed E-state index contributed by atoms with van der Waals surface area (Å²) in [6, 6.07) is 7.25. The van der Waals surface area contributed by atoms with Crippen LogP contribution in [0.5, 0.6) is 5.75 Å². The Morgan fingerprint density at radius 1 is 1.39 bits per heavy atom. The number of amides is 1. The van der Waals surface area contributed by atoms with Crippen LogP contribution in [0.1, 0.15) is 26.7 Å². The van der Waals surface area contributed by atoms with Crippen molar-refractivity contribution in [2.45, 2.75) is 26.7 Å². The Kier molecular flexibility index (Phi) is 6.58. The Morgan fingerprint density at radius 2 is 2.11 bits per heavy atom. The van der Waals surface area contributed by atoms with Gasteiger partial charge in [0.05, 0.1) is 18.1 Å². The summed E-state index contributed by atoms with van der Waals surface area (Å²) >= 11 is 5.93. The Hall–Kier alpha value is -1.22. The molecule has 100 valence electrons. The molecule has 1 aromatic carbocycles. The van der Waals surface area contributed by atoms with E-state index in [4.69, 9.17) is 16.3 Å². The molecule has 0 fully saturated rings. The summed E-state index contributed by atoms with van der Waals surface area (Å²) < 4.78 is 5.44. The first-order chi connectivity index (χ1) is 8.59. The van der Waals surface area contributed by atoms with E-state index in [9.17, 15) is 4.79 Å². The van der Waals surface area contributed by atoms with Crippen LogP contribution in [0.15, 0.2) is 24.3 Å². The van der Waals surface area contributed by atoms with E-state index >= 15 is 0 Å². The lowest BCUT2D eigenvalue weighted by molar-refractivity contribution is -0.121. The molecular weight excluding hydrogens is 250 g/mol. The first kappa shape index (κ1) is 14.8. The van der Waals surface area contributed by atoms with E-state index in [0.29, 0.717) is 29.7 Å². The fourth-order valence-electron chi connectivity index (χ4n) is 1.40. The summed E-state index contributed by atoms with van der Waals surface area (Å²) in [5.41, 5.74) is 0. The number of hydrogen-bond acceptors (Lipinski definition) is 2. The van der Waals surface area contributed by atoms with E-state index in [1.54, 1.807) is 12.1 Å². The number of para-hydroxylation sites is 1. The second kappa shape index (κ2) is 7.98. The average molecular weight is 270 g/mol. The molecule has 0 bridgehead atoms. The largest absolute Gasteiger partial charge is 0.491 e. The van der Waals surface area contributed by atoms with Crippen molar-refractivity contribution < 1.29 is 9.53 Å². The summed E-state index contributed by atoms with van der Waals surface area (Å²) in [5.74, 6) is 1.24. The van der Waals surface area contributed by atoms with Gasteiger partial charge >= 0.3 is 0 Å². The highest BCUT2D eigenvalue weighted by molar-refractivity contribution is 6.32. The summed E-state index contributed by atoms with van der Waals surface area (Å²) in [6.07, 6.45) is 1.35. The van der Waals surface area contributed by atoms with Gasteiger partial charge in [0, 0.05) is 6.54 Å². The number of benzene rings is 1. The molecule has 1 N–H and O–H groups in total. The SMILES string of the molecule is CC(C)CCNC(=O)CCOc1ccccc1Cl. The summed E-state index contributed by atoms with van der Waals surface area (Å²) in [7, 11) is 0. The monoisotopic (exact) mass is 269 g/mol. The van der Waals surface area contributed by atoms with Gasteiger partial charge in [-0.2, -0.15) is 0 Å². The minimum absolute atomic E-state index is 0.0164. The minimum atomic E-state index is 0.0164. The summed E-state index contributed by atoms with van der Waals surface area (Å²) in [4.78, 5) is 11.5. The van der Waals surface area contributed by atoms with E-state index in [2.05, 4.69) is 19.2 Å². The zero-order chi connectivity index (χ0) is 13.4. The molecule has 1 aromatic rings. The third-order valence-electron chi connectivity index (χ3n) is 2.47. The number of ether oxygens (including phenoxy) is 1. The number of hydrogen-bond donors (Lipinski definition) is 1. The first-order valence-corrected chi connectivity index (χ1v) is 6.61. The Balaban J connectivity index is 2.18. The molecule has 0 spiro atoms. The molecule has 1 rings (SSSR count). The third kappa shape index (κ3) is 5.92. The van der Waals surface area contributed by atoms with Crippen LogP contribution in [-0.2, 0) is 4.79 Å². The van der Waals surface area contributed by atoms with Gasteiger partial charge in [0.1, 0.15) is 5.75 Å². The van der Waals surface area contributed by atoms with Crippen LogP contribution in [0.4, 0.5) is 0 Å². The molecule has 0 unspecified atom stereocenters. The van der Waals surface area contributed by atoms with Crippen molar-refractivity contribution in [3.8, 4) is 5.75 Å². The van der Waals surface area contributed by atoms with Crippen LogP contribution in [0, 0.1) is 5.92 Å². The first-order valence-electron chi connectivity index (χ1n) is 6.23. The molecule has 4 heteroatoms. The van der Waals surface area contributed by atoms with Crippen molar-refractivity contribution in [1.82, 2.24) is 5.32 Å². The minimum Gasteiger partial charge on any atom is -0.491 e. The Labute approximate surface area is 113 Å². The molecule has 0 aromatic heterocycles. The molecule has 1 amide bonds. The van der Waals surface area contributed by atoms with Crippen molar-refractivity contribution in [3.05, 3.63) is 29.3 Å². The smallest absolute Gasteiger partial charge is 0.223 e. The van der Waals surface area contributed by atoms with E-state index in [-0.39, 0.29) is 5.91 Å². The van der Waals surface area contributed by atoms with Gasteiger partial charge in [0.15, 0.2) is 0 Å². The standard InChI is InChI=1S/C14H20ClNO2/c1-11(2)7-9-16-14(17)8-10-18-13-6-4-3-5-12(13)15/h3-6,11H,7-10H2,1-2H3,(H,16,17). The van der Waals surface area contributed by atoms with Gasteiger partial charge in [-0.1, -0.05) is 37.6 Å².